The summed E-state index contributed by atoms with van der Waals surface area (Å²) in [5, 5.41) is 4.64. The van der Waals surface area contributed by atoms with Gasteiger partial charge in [-0.15, -0.1) is 0 Å². The highest BCUT2D eigenvalue weighted by atomic mass is 35.5. The Labute approximate surface area is 115 Å². The lowest BCUT2D eigenvalue weighted by molar-refractivity contribution is 0.253. The van der Waals surface area contributed by atoms with Gasteiger partial charge >= 0.3 is 0 Å². The van der Waals surface area contributed by atoms with Gasteiger partial charge in [-0.1, -0.05) is 49.2 Å². The van der Waals surface area contributed by atoms with Crippen LogP contribution in [0.2, 0.25) is 10.0 Å². The zero-order valence-corrected chi connectivity index (χ0v) is 12.3. The van der Waals surface area contributed by atoms with Gasteiger partial charge in [-0.3, -0.25) is 0 Å². The van der Waals surface area contributed by atoms with Crippen LogP contribution in [0.15, 0.2) is 18.2 Å². The average molecular weight is 274 g/mol. The van der Waals surface area contributed by atoms with Crippen molar-refractivity contribution >= 4 is 23.2 Å². The summed E-state index contributed by atoms with van der Waals surface area (Å²) in [7, 11) is 2.00. The van der Waals surface area contributed by atoms with E-state index in [9.17, 15) is 0 Å². The molecule has 0 amide bonds. The zero-order chi connectivity index (χ0) is 12.9. The van der Waals surface area contributed by atoms with E-state index in [4.69, 9.17) is 23.2 Å². The summed E-state index contributed by atoms with van der Waals surface area (Å²) < 4.78 is 0. The molecule has 1 rings (SSSR count). The van der Waals surface area contributed by atoms with Crippen LogP contribution in [0.25, 0.3) is 0 Å². The summed E-state index contributed by atoms with van der Waals surface area (Å²) in [5.74, 6) is 0. The Bertz CT molecular complexity index is 359. The van der Waals surface area contributed by atoms with E-state index < -0.39 is 0 Å². The fraction of sp³-hybridized carbons (Fsp3) is 0.571. The lowest BCUT2D eigenvalue weighted by Gasteiger charge is -2.32. The van der Waals surface area contributed by atoms with Crippen molar-refractivity contribution in [2.45, 2.75) is 33.1 Å². The first-order valence-electron chi connectivity index (χ1n) is 6.16. The highest BCUT2D eigenvalue weighted by Crippen LogP contribution is 2.35. The van der Waals surface area contributed by atoms with E-state index in [0.29, 0.717) is 10.0 Å². The third-order valence-electron chi connectivity index (χ3n) is 3.65. The second-order valence-electron chi connectivity index (χ2n) is 4.63. The average Bonchev–Trinajstić information content (AvgIpc) is 2.34. The number of hydrogen-bond acceptors (Lipinski definition) is 1. The van der Waals surface area contributed by atoms with Crippen molar-refractivity contribution in [2.24, 2.45) is 5.41 Å². The highest BCUT2D eigenvalue weighted by Gasteiger charge is 2.26. The second-order valence-corrected chi connectivity index (χ2v) is 5.41. The number of rotatable bonds is 6. The van der Waals surface area contributed by atoms with Gasteiger partial charge in [0.05, 0.1) is 10.0 Å². The van der Waals surface area contributed by atoms with Gasteiger partial charge in [0.25, 0.3) is 0 Å². The molecule has 1 aromatic rings. The second kappa shape index (κ2) is 6.63. The summed E-state index contributed by atoms with van der Waals surface area (Å²) in [6.07, 6.45) is 3.24. The minimum absolute atomic E-state index is 0.267. The maximum Gasteiger partial charge on any atom is 0.0624 e. The van der Waals surface area contributed by atoms with E-state index in [0.717, 1.165) is 31.4 Å². The smallest absolute Gasteiger partial charge is 0.0624 e. The molecular weight excluding hydrogens is 253 g/mol. The summed E-state index contributed by atoms with van der Waals surface area (Å²) in [6.45, 7) is 5.47. The topological polar surface area (TPSA) is 12.0 Å². The van der Waals surface area contributed by atoms with E-state index in [2.05, 4.69) is 25.2 Å². The van der Waals surface area contributed by atoms with Crippen LogP contribution in [0.5, 0.6) is 0 Å². The monoisotopic (exact) mass is 273 g/mol. The molecule has 0 aliphatic carbocycles. The minimum Gasteiger partial charge on any atom is -0.319 e. The molecule has 0 saturated heterocycles. The molecule has 0 aliphatic rings. The van der Waals surface area contributed by atoms with Crippen molar-refractivity contribution in [3.05, 3.63) is 33.8 Å². The van der Waals surface area contributed by atoms with E-state index >= 15 is 0 Å². The molecule has 1 aromatic carbocycles. The molecule has 17 heavy (non-hydrogen) atoms. The molecule has 0 bridgehead atoms. The quantitative estimate of drug-likeness (QED) is 0.801. The van der Waals surface area contributed by atoms with Gasteiger partial charge in [0.1, 0.15) is 0 Å². The molecule has 1 nitrogen and oxygen atoms in total. The van der Waals surface area contributed by atoms with Gasteiger partial charge in [-0.25, -0.2) is 0 Å². The Balaban J connectivity index is 2.97. The van der Waals surface area contributed by atoms with Crippen LogP contribution < -0.4 is 5.32 Å². The highest BCUT2D eigenvalue weighted by molar-refractivity contribution is 6.42. The van der Waals surface area contributed by atoms with Crippen LogP contribution in [0.4, 0.5) is 0 Å². The predicted octanol–water partition coefficient (Wildman–Crippen LogP) is 4.56. The number of hydrogen-bond donors (Lipinski definition) is 1. The summed E-state index contributed by atoms with van der Waals surface area (Å²) in [4.78, 5) is 0. The number of benzene rings is 1. The molecule has 0 aliphatic heterocycles. The van der Waals surface area contributed by atoms with Crippen molar-refractivity contribution in [3.8, 4) is 0 Å². The fourth-order valence-electron chi connectivity index (χ4n) is 2.28. The van der Waals surface area contributed by atoms with Crippen molar-refractivity contribution in [1.82, 2.24) is 5.32 Å². The Hall–Kier alpha value is -0.240. The van der Waals surface area contributed by atoms with E-state index in [-0.39, 0.29) is 5.41 Å². The lowest BCUT2D eigenvalue weighted by atomic mass is 9.77. The summed E-state index contributed by atoms with van der Waals surface area (Å²) in [6, 6.07) is 5.88. The molecule has 3 heteroatoms. The van der Waals surface area contributed by atoms with E-state index in [1.54, 1.807) is 0 Å². The van der Waals surface area contributed by atoms with Gasteiger partial charge in [0, 0.05) is 6.54 Å². The molecule has 96 valence electrons. The maximum absolute atomic E-state index is 6.26. The molecule has 0 fully saturated rings. The van der Waals surface area contributed by atoms with Gasteiger partial charge in [0.2, 0.25) is 0 Å². The third kappa shape index (κ3) is 3.61. The first-order chi connectivity index (χ1) is 8.08. The van der Waals surface area contributed by atoms with E-state index in [1.165, 1.54) is 0 Å². The standard InChI is InChI=1S/C14H21Cl2N/c1-4-14(5-2,10-17-3)9-11-7-6-8-12(15)13(11)16/h6-8,17H,4-5,9-10H2,1-3H3. The first-order valence-corrected chi connectivity index (χ1v) is 6.91. The Morgan fingerprint density at radius 3 is 2.35 bits per heavy atom. The Morgan fingerprint density at radius 1 is 1.18 bits per heavy atom. The summed E-state index contributed by atoms with van der Waals surface area (Å²) >= 11 is 12.3. The predicted molar refractivity (Wildman–Crippen MR) is 77.1 cm³/mol. The zero-order valence-electron chi connectivity index (χ0n) is 10.8. The maximum atomic E-state index is 6.26. The first kappa shape index (κ1) is 14.8. The molecule has 0 atom stereocenters. The molecule has 0 unspecified atom stereocenters. The lowest BCUT2D eigenvalue weighted by Crippen LogP contribution is -2.33. The van der Waals surface area contributed by atoms with Crippen LogP contribution in [0.1, 0.15) is 32.3 Å². The van der Waals surface area contributed by atoms with Crippen LogP contribution >= 0.6 is 23.2 Å². The van der Waals surface area contributed by atoms with Crippen LogP contribution in [-0.4, -0.2) is 13.6 Å². The molecule has 0 saturated carbocycles. The largest absolute Gasteiger partial charge is 0.319 e. The van der Waals surface area contributed by atoms with Gasteiger partial charge in [-0.2, -0.15) is 0 Å². The molecular formula is C14H21Cl2N. The normalized spacial score (nSPS) is 11.8. The fourth-order valence-corrected chi connectivity index (χ4v) is 2.66. The number of nitrogens with one attached hydrogen (secondary N) is 1. The van der Waals surface area contributed by atoms with Crippen LogP contribution in [-0.2, 0) is 6.42 Å². The van der Waals surface area contributed by atoms with Gasteiger partial charge in [-0.05, 0) is 43.4 Å². The van der Waals surface area contributed by atoms with E-state index in [1.807, 2.05) is 19.2 Å². The Morgan fingerprint density at radius 2 is 1.82 bits per heavy atom. The van der Waals surface area contributed by atoms with Crippen molar-refractivity contribution < 1.29 is 0 Å². The minimum atomic E-state index is 0.267. The SMILES string of the molecule is CCC(CC)(CNC)Cc1cccc(Cl)c1Cl. The summed E-state index contributed by atoms with van der Waals surface area (Å²) in [5.41, 5.74) is 1.42. The van der Waals surface area contributed by atoms with Crippen molar-refractivity contribution in [1.29, 1.82) is 0 Å². The van der Waals surface area contributed by atoms with Crippen LogP contribution in [0.3, 0.4) is 0 Å². The van der Waals surface area contributed by atoms with Crippen molar-refractivity contribution in [3.63, 3.8) is 0 Å². The number of halogens is 2. The molecule has 1 N–H and O–H groups in total. The molecule has 0 heterocycles. The van der Waals surface area contributed by atoms with Gasteiger partial charge in [0.15, 0.2) is 0 Å². The van der Waals surface area contributed by atoms with Crippen LogP contribution in [0, 0.1) is 5.41 Å². The van der Waals surface area contributed by atoms with Crippen molar-refractivity contribution in [2.75, 3.05) is 13.6 Å². The molecule has 0 aromatic heterocycles. The van der Waals surface area contributed by atoms with Gasteiger partial charge < -0.3 is 5.32 Å². The Kier molecular flexibility index (Phi) is 5.78. The molecule has 0 radical (unpaired) electrons. The third-order valence-corrected chi connectivity index (χ3v) is 4.51. The molecule has 0 spiro atoms.